The first-order valence-corrected chi connectivity index (χ1v) is 6.44. The van der Waals surface area contributed by atoms with E-state index in [1.165, 1.54) is 0 Å². The second-order valence-electron chi connectivity index (χ2n) is 2.88. The van der Waals surface area contributed by atoms with Crippen molar-refractivity contribution in [1.82, 2.24) is 0 Å². The summed E-state index contributed by atoms with van der Waals surface area (Å²) in [5.74, 6) is 0.334. The summed E-state index contributed by atoms with van der Waals surface area (Å²) in [7, 11) is -2.83. The lowest BCUT2D eigenvalue weighted by Gasteiger charge is -2.12. The van der Waals surface area contributed by atoms with Crippen LogP contribution in [0.25, 0.3) is 0 Å². The van der Waals surface area contributed by atoms with Gasteiger partial charge in [0.05, 0.1) is 17.6 Å². The second kappa shape index (κ2) is 3.41. The zero-order valence-electron chi connectivity index (χ0n) is 6.03. The molecule has 0 saturated carbocycles. The van der Waals surface area contributed by atoms with Crippen LogP contribution in [0.2, 0.25) is 0 Å². The van der Waals surface area contributed by atoms with Crippen LogP contribution in [-0.2, 0) is 9.84 Å². The fourth-order valence-electron chi connectivity index (χ4n) is 1.25. The molecule has 0 aliphatic carbocycles. The molecule has 0 radical (unpaired) electrons. The molecule has 2 unspecified atom stereocenters. The molecular weight excluding hydrogens is 232 g/mol. The molecule has 1 saturated heterocycles. The van der Waals surface area contributed by atoms with Gasteiger partial charge in [-0.3, -0.25) is 0 Å². The molecule has 0 bridgehead atoms. The number of aliphatic hydroxyl groups is 1. The Balaban J connectivity index is 2.55. The normalized spacial score (nSPS) is 32.0. The average molecular weight is 243 g/mol. The lowest BCUT2D eigenvalue weighted by molar-refractivity contribution is 0.144. The summed E-state index contributed by atoms with van der Waals surface area (Å²) >= 11 is 3.12. The van der Waals surface area contributed by atoms with E-state index in [0.717, 1.165) is 0 Å². The van der Waals surface area contributed by atoms with Gasteiger partial charge in [-0.15, -0.1) is 0 Å². The van der Waals surface area contributed by atoms with Crippen molar-refractivity contribution in [2.24, 2.45) is 5.92 Å². The van der Waals surface area contributed by atoms with E-state index >= 15 is 0 Å². The molecule has 5 heteroatoms. The van der Waals surface area contributed by atoms with Gasteiger partial charge < -0.3 is 5.11 Å². The van der Waals surface area contributed by atoms with Gasteiger partial charge in [0.15, 0.2) is 9.84 Å². The van der Waals surface area contributed by atoms with Crippen molar-refractivity contribution in [2.45, 2.75) is 12.5 Å². The maximum absolute atomic E-state index is 10.9. The van der Waals surface area contributed by atoms with Crippen molar-refractivity contribution in [3.63, 3.8) is 0 Å². The third kappa shape index (κ3) is 2.42. The number of hydrogen-bond donors (Lipinski definition) is 1. The molecule has 1 N–H and O–H groups in total. The van der Waals surface area contributed by atoms with Crippen molar-refractivity contribution >= 4 is 25.8 Å². The summed E-state index contributed by atoms with van der Waals surface area (Å²) in [4.78, 5) is 0. The summed E-state index contributed by atoms with van der Waals surface area (Å²) in [6.07, 6.45) is 0.0991. The first-order chi connectivity index (χ1) is 5.05. The Bertz CT molecular complexity index is 224. The minimum Gasteiger partial charge on any atom is -0.392 e. The number of halogens is 1. The number of alkyl halides is 1. The van der Waals surface area contributed by atoms with Gasteiger partial charge in [-0.05, 0) is 6.42 Å². The first kappa shape index (κ1) is 9.48. The summed E-state index contributed by atoms with van der Waals surface area (Å²) in [6.45, 7) is 0. The van der Waals surface area contributed by atoms with Crippen LogP contribution < -0.4 is 0 Å². The van der Waals surface area contributed by atoms with Gasteiger partial charge in [-0.25, -0.2) is 8.42 Å². The van der Waals surface area contributed by atoms with Gasteiger partial charge in [-0.2, -0.15) is 0 Å². The zero-order chi connectivity index (χ0) is 8.48. The lowest BCUT2D eigenvalue weighted by atomic mass is 10.0. The molecule has 0 aromatic rings. The Morgan fingerprint density at radius 3 is 2.64 bits per heavy atom. The van der Waals surface area contributed by atoms with E-state index in [4.69, 9.17) is 0 Å². The molecule has 1 rings (SSSR count). The highest BCUT2D eigenvalue weighted by Crippen LogP contribution is 2.22. The van der Waals surface area contributed by atoms with Gasteiger partial charge in [0.2, 0.25) is 0 Å². The van der Waals surface area contributed by atoms with Crippen molar-refractivity contribution in [1.29, 1.82) is 0 Å². The fraction of sp³-hybridized carbons (Fsp3) is 1.00. The molecule has 1 heterocycles. The molecular formula is C6H11BrO3S. The monoisotopic (exact) mass is 242 g/mol. The summed E-state index contributed by atoms with van der Waals surface area (Å²) in [5, 5.41) is 9.74. The number of aliphatic hydroxyl groups excluding tert-OH is 1. The third-order valence-corrected chi connectivity index (χ3v) is 4.43. The van der Waals surface area contributed by atoms with Crippen LogP contribution in [0, 0.1) is 5.92 Å². The van der Waals surface area contributed by atoms with Crippen molar-refractivity contribution in [2.75, 3.05) is 16.8 Å². The molecule has 1 aliphatic rings. The maximum atomic E-state index is 10.9. The van der Waals surface area contributed by atoms with E-state index in [2.05, 4.69) is 15.9 Å². The van der Waals surface area contributed by atoms with E-state index in [0.29, 0.717) is 11.8 Å². The van der Waals surface area contributed by atoms with Crippen LogP contribution in [-0.4, -0.2) is 36.5 Å². The molecule has 2 atom stereocenters. The molecule has 1 fully saturated rings. The number of rotatable bonds is 2. The van der Waals surface area contributed by atoms with Crippen LogP contribution >= 0.6 is 15.9 Å². The van der Waals surface area contributed by atoms with Gasteiger partial charge in [0.25, 0.3) is 0 Å². The topological polar surface area (TPSA) is 54.4 Å². The smallest absolute Gasteiger partial charge is 0.150 e. The summed E-state index contributed by atoms with van der Waals surface area (Å²) in [5.41, 5.74) is 0. The van der Waals surface area contributed by atoms with Crippen LogP contribution in [0.4, 0.5) is 0 Å². The Labute approximate surface area is 74.8 Å². The SMILES string of the molecule is O=S1(=O)CCC(C(O)CBr)C1. The first-order valence-electron chi connectivity index (χ1n) is 3.49. The molecule has 66 valence electrons. The second-order valence-corrected chi connectivity index (χ2v) is 5.76. The maximum Gasteiger partial charge on any atom is 0.150 e. The minimum absolute atomic E-state index is 0.0561. The third-order valence-electron chi connectivity index (χ3n) is 1.97. The average Bonchev–Trinajstić information content (AvgIpc) is 2.29. The highest BCUT2D eigenvalue weighted by molar-refractivity contribution is 9.09. The molecule has 3 nitrogen and oxygen atoms in total. The molecule has 0 aromatic heterocycles. The zero-order valence-corrected chi connectivity index (χ0v) is 8.44. The van der Waals surface area contributed by atoms with E-state index < -0.39 is 15.9 Å². The van der Waals surface area contributed by atoms with E-state index in [1.807, 2.05) is 0 Å². The Hall–Kier alpha value is 0.390. The molecule has 11 heavy (non-hydrogen) atoms. The molecule has 0 amide bonds. The largest absolute Gasteiger partial charge is 0.392 e. The van der Waals surface area contributed by atoms with Gasteiger partial charge in [0.1, 0.15) is 0 Å². The lowest BCUT2D eigenvalue weighted by Crippen LogP contribution is -2.22. The number of hydrogen-bond acceptors (Lipinski definition) is 3. The standard InChI is InChI=1S/C6H11BrO3S/c7-3-6(8)5-1-2-11(9,10)4-5/h5-6,8H,1-4H2. The fourth-order valence-corrected chi connectivity index (χ4v) is 3.65. The van der Waals surface area contributed by atoms with Crippen LogP contribution in [0.1, 0.15) is 6.42 Å². The Morgan fingerprint density at radius 2 is 2.27 bits per heavy atom. The highest BCUT2D eigenvalue weighted by atomic mass is 79.9. The molecule has 1 aliphatic heterocycles. The van der Waals surface area contributed by atoms with Crippen molar-refractivity contribution in [3.05, 3.63) is 0 Å². The van der Waals surface area contributed by atoms with E-state index in [9.17, 15) is 13.5 Å². The highest BCUT2D eigenvalue weighted by Gasteiger charge is 2.31. The predicted octanol–water partition coefficient (Wildman–Crippen LogP) is 0.177. The predicted molar refractivity (Wildman–Crippen MR) is 46.6 cm³/mol. The summed E-state index contributed by atoms with van der Waals surface area (Å²) in [6, 6.07) is 0. The van der Waals surface area contributed by atoms with Gasteiger partial charge >= 0.3 is 0 Å². The van der Waals surface area contributed by atoms with Crippen molar-refractivity contribution in [3.8, 4) is 0 Å². The molecule has 0 aromatic carbocycles. The Kier molecular flexibility index (Phi) is 2.94. The van der Waals surface area contributed by atoms with Crippen LogP contribution in [0.15, 0.2) is 0 Å². The number of sulfone groups is 1. The molecule has 0 spiro atoms. The van der Waals surface area contributed by atoms with Crippen LogP contribution in [0.3, 0.4) is 0 Å². The van der Waals surface area contributed by atoms with E-state index in [-0.39, 0.29) is 17.4 Å². The van der Waals surface area contributed by atoms with Crippen LogP contribution in [0.5, 0.6) is 0 Å². The van der Waals surface area contributed by atoms with Crippen molar-refractivity contribution < 1.29 is 13.5 Å². The minimum atomic E-state index is -2.83. The van der Waals surface area contributed by atoms with E-state index in [1.54, 1.807) is 0 Å². The quantitative estimate of drug-likeness (QED) is 0.704. The van der Waals surface area contributed by atoms with Gasteiger partial charge in [0, 0.05) is 11.2 Å². The Morgan fingerprint density at radius 1 is 1.64 bits per heavy atom. The summed E-state index contributed by atoms with van der Waals surface area (Å²) < 4.78 is 21.9. The van der Waals surface area contributed by atoms with Gasteiger partial charge in [-0.1, -0.05) is 15.9 Å².